The van der Waals surface area contributed by atoms with Crippen LogP contribution in [0.3, 0.4) is 0 Å². The molecule has 110 valence electrons. The highest BCUT2D eigenvalue weighted by atomic mass is 32.1. The summed E-state index contributed by atoms with van der Waals surface area (Å²) in [6, 6.07) is 0. The highest BCUT2D eigenvalue weighted by molar-refractivity contribution is 7.15. The molecule has 2 heterocycles. The summed E-state index contributed by atoms with van der Waals surface area (Å²) in [7, 11) is 3.48. The first kappa shape index (κ1) is 14.8. The number of rotatable bonds is 6. The quantitative estimate of drug-likeness (QED) is 0.870. The minimum atomic E-state index is -0.0936. The van der Waals surface area contributed by atoms with Gasteiger partial charge in [0.25, 0.3) is 0 Å². The van der Waals surface area contributed by atoms with Gasteiger partial charge in [0.1, 0.15) is 0 Å². The predicted molar refractivity (Wildman–Crippen MR) is 80.2 cm³/mol. The lowest BCUT2D eigenvalue weighted by Crippen LogP contribution is -2.37. The molecule has 0 fully saturated rings. The number of nitrogens with zero attached hydrogens (tertiary/aromatic N) is 4. The van der Waals surface area contributed by atoms with E-state index in [9.17, 15) is 9.90 Å². The fraction of sp³-hybridized carbons (Fsp3) is 0.538. The smallest absolute Gasteiger partial charge is 0.241 e. The van der Waals surface area contributed by atoms with E-state index in [1.54, 1.807) is 19.0 Å². The van der Waals surface area contributed by atoms with Crippen molar-refractivity contribution in [3.8, 4) is 0 Å². The molecule has 0 aliphatic heterocycles. The summed E-state index contributed by atoms with van der Waals surface area (Å²) in [4.78, 5) is 20.8. The van der Waals surface area contributed by atoms with Crippen LogP contribution in [0.1, 0.15) is 19.0 Å². The van der Waals surface area contributed by atoms with Crippen molar-refractivity contribution in [1.29, 1.82) is 0 Å². The molecule has 1 amide bonds. The van der Waals surface area contributed by atoms with E-state index < -0.39 is 0 Å². The molecule has 0 aliphatic rings. The summed E-state index contributed by atoms with van der Waals surface area (Å²) in [5.74, 6) is 0.732. The van der Waals surface area contributed by atoms with Gasteiger partial charge in [0, 0.05) is 32.2 Å². The number of aliphatic hydroxyl groups excluding tert-OH is 1. The molecule has 0 unspecified atom stereocenters. The number of carbonyl (C=O) groups is 1. The van der Waals surface area contributed by atoms with Crippen LogP contribution in [0.2, 0.25) is 0 Å². The molecule has 0 spiro atoms. The van der Waals surface area contributed by atoms with Crippen molar-refractivity contribution >= 4 is 28.0 Å². The van der Waals surface area contributed by atoms with Crippen molar-refractivity contribution in [1.82, 2.24) is 14.3 Å². The largest absolute Gasteiger partial charge is 0.390 e. The van der Waals surface area contributed by atoms with Gasteiger partial charge in [0.15, 0.2) is 10.8 Å². The molecule has 0 bridgehead atoms. The third-order valence-corrected chi connectivity index (χ3v) is 3.86. The Morgan fingerprint density at radius 2 is 2.25 bits per heavy atom. The van der Waals surface area contributed by atoms with Gasteiger partial charge in [0.05, 0.1) is 18.8 Å². The maximum absolute atomic E-state index is 11.9. The second kappa shape index (κ2) is 6.23. The standard InChI is InChI=1S/C13H20N4O2S/c1-4-5-16(8-11(19)15(2)3)12-10(9-18)17-6-7-20-13(17)14-12/h6-7,18H,4-5,8-9H2,1-3H3. The topological polar surface area (TPSA) is 61.1 Å². The van der Waals surface area contributed by atoms with Gasteiger partial charge in [-0.1, -0.05) is 6.92 Å². The van der Waals surface area contributed by atoms with Gasteiger partial charge >= 0.3 is 0 Å². The van der Waals surface area contributed by atoms with Gasteiger partial charge in [-0.05, 0) is 6.42 Å². The number of anilines is 1. The Balaban J connectivity index is 2.35. The Kier molecular flexibility index (Phi) is 4.61. The molecule has 1 N–H and O–H groups in total. The lowest BCUT2D eigenvalue weighted by molar-refractivity contribution is -0.127. The normalized spacial score (nSPS) is 11.0. The average Bonchev–Trinajstić information content (AvgIpc) is 2.97. The molecule has 0 radical (unpaired) electrons. The summed E-state index contributed by atoms with van der Waals surface area (Å²) in [5.41, 5.74) is 0.737. The second-order valence-electron chi connectivity index (χ2n) is 4.81. The van der Waals surface area contributed by atoms with E-state index in [1.165, 1.54) is 11.3 Å². The molecule has 0 aromatic carbocycles. The van der Waals surface area contributed by atoms with E-state index in [0.717, 1.165) is 23.6 Å². The number of carbonyl (C=O) groups excluding carboxylic acids is 1. The van der Waals surface area contributed by atoms with Crippen LogP contribution < -0.4 is 4.90 Å². The Bertz CT molecular complexity index is 590. The van der Waals surface area contributed by atoms with Crippen molar-refractivity contribution in [2.45, 2.75) is 20.0 Å². The number of fused-ring (bicyclic) bond motifs is 1. The van der Waals surface area contributed by atoms with Crippen molar-refractivity contribution in [3.63, 3.8) is 0 Å². The zero-order valence-corrected chi connectivity index (χ0v) is 12.9. The Hall–Kier alpha value is -1.60. The van der Waals surface area contributed by atoms with Gasteiger partial charge < -0.3 is 14.9 Å². The maximum atomic E-state index is 11.9. The van der Waals surface area contributed by atoms with E-state index in [1.807, 2.05) is 20.9 Å². The number of likely N-dealkylation sites (N-methyl/N-ethyl adjacent to an activating group) is 1. The highest BCUT2D eigenvalue weighted by Gasteiger charge is 2.20. The number of aromatic nitrogens is 2. The van der Waals surface area contributed by atoms with E-state index in [4.69, 9.17) is 0 Å². The zero-order valence-electron chi connectivity index (χ0n) is 12.0. The van der Waals surface area contributed by atoms with E-state index in [-0.39, 0.29) is 19.1 Å². The van der Waals surface area contributed by atoms with Gasteiger partial charge in [-0.25, -0.2) is 4.98 Å². The van der Waals surface area contributed by atoms with Crippen LogP contribution in [-0.2, 0) is 11.4 Å². The van der Waals surface area contributed by atoms with Crippen molar-refractivity contribution in [2.75, 3.05) is 32.1 Å². The molecular weight excluding hydrogens is 276 g/mol. The van der Waals surface area contributed by atoms with Crippen molar-refractivity contribution < 1.29 is 9.90 Å². The summed E-state index contributed by atoms with van der Waals surface area (Å²) in [5, 5.41) is 11.5. The maximum Gasteiger partial charge on any atom is 0.241 e. The third kappa shape index (κ3) is 2.78. The first-order valence-electron chi connectivity index (χ1n) is 6.58. The van der Waals surface area contributed by atoms with Crippen LogP contribution in [0.25, 0.3) is 4.96 Å². The number of hydrogen-bond donors (Lipinski definition) is 1. The molecule has 0 aliphatic carbocycles. The Labute approximate surface area is 122 Å². The van der Waals surface area contributed by atoms with Gasteiger partial charge in [0.2, 0.25) is 5.91 Å². The van der Waals surface area contributed by atoms with Crippen LogP contribution in [0.5, 0.6) is 0 Å². The zero-order chi connectivity index (χ0) is 14.7. The second-order valence-corrected chi connectivity index (χ2v) is 5.68. The molecule has 7 heteroatoms. The van der Waals surface area contributed by atoms with Crippen molar-refractivity contribution in [2.24, 2.45) is 0 Å². The number of amides is 1. The third-order valence-electron chi connectivity index (χ3n) is 3.11. The first-order chi connectivity index (χ1) is 9.58. The summed E-state index contributed by atoms with van der Waals surface area (Å²) in [6.45, 7) is 2.98. The van der Waals surface area contributed by atoms with Crippen LogP contribution >= 0.6 is 11.3 Å². The predicted octanol–water partition coefficient (Wildman–Crippen LogP) is 1.19. The van der Waals surface area contributed by atoms with E-state index >= 15 is 0 Å². The number of hydrogen-bond acceptors (Lipinski definition) is 5. The fourth-order valence-corrected chi connectivity index (χ4v) is 2.78. The Morgan fingerprint density at radius 3 is 2.85 bits per heavy atom. The number of aliphatic hydroxyl groups is 1. The number of thiazole rings is 1. The molecule has 6 nitrogen and oxygen atoms in total. The first-order valence-corrected chi connectivity index (χ1v) is 7.46. The molecule has 20 heavy (non-hydrogen) atoms. The Morgan fingerprint density at radius 1 is 1.50 bits per heavy atom. The summed E-state index contributed by atoms with van der Waals surface area (Å²) >= 11 is 1.52. The molecule has 2 rings (SSSR count). The lowest BCUT2D eigenvalue weighted by Gasteiger charge is -2.24. The fourth-order valence-electron chi connectivity index (χ4n) is 2.06. The minimum absolute atomic E-state index is 0.0266. The molecule has 2 aromatic rings. The molecule has 0 saturated carbocycles. The van der Waals surface area contributed by atoms with Gasteiger partial charge in [-0.15, -0.1) is 11.3 Å². The molecule has 0 saturated heterocycles. The van der Waals surface area contributed by atoms with E-state index in [2.05, 4.69) is 11.9 Å². The molecule has 0 atom stereocenters. The van der Waals surface area contributed by atoms with Crippen molar-refractivity contribution in [3.05, 3.63) is 17.3 Å². The SMILES string of the molecule is CCCN(CC(=O)N(C)C)c1nc2sccn2c1CO. The average molecular weight is 296 g/mol. The highest BCUT2D eigenvalue weighted by Crippen LogP contribution is 2.25. The molecule has 2 aromatic heterocycles. The molecular formula is C13H20N4O2S. The summed E-state index contributed by atoms with van der Waals surface area (Å²) < 4.78 is 1.88. The van der Waals surface area contributed by atoms with E-state index in [0.29, 0.717) is 5.82 Å². The monoisotopic (exact) mass is 296 g/mol. The summed E-state index contributed by atoms with van der Waals surface area (Å²) in [6.07, 6.45) is 2.80. The van der Waals surface area contributed by atoms with Crippen LogP contribution in [0.4, 0.5) is 5.82 Å². The number of imidazole rings is 1. The minimum Gasteiger partial charge on any atom is -0.390 e. The lowest BCUT2D eigenvalue weighted by atomic mass is 10.3. The van der Waals surface area contributed by atoms with Crippen LogP contribution in [0.15, 0.2) is 11.6 Å². The van der Waals surface area contributed by atoms with Crippen LogP contribution in [0, 0.1) is 0 Å². The van der Waals surface area contributed by atoms with Gasteiger partial charge in [-0.2, -0.15) is 0 Å². The van der Waals surface area contributed by atoms with Gasteiger partial charge in [-0.3, -0.25) is 9.20 Å². The van der Waals surface area contributed by atoms with Crippen LogP contribution in [-0.4, -0.2) is 52.5 Å².